The van der Waals surface area contributed by atoms with Gasteiger partial charge in [-0.2, -0.15) is 0 Å². The van der Waals surface area contributed by atoms with Crippen molar-refractivity contribution in [1.29, 1.82) is 0 Å². The molecule has 0 fully saturated rings. The molecule has 30 heavy (non-hydrogen) atoms. The number of benzene rings is 2. The fourth-order valence-corrected chi connectivity index (χ4v) is 5.99. The fourth-order valence-electron chi connectivity index (χ4n) is 3.12. The Morgan fingerprint density at radius 3 is 2.70 bits per heavy atom. The van der Waals surface area contributed by atoms with Crippen LogP contribution in [-0.2, 0) is 9.84 Å². The summed E-state index contributed by atoms with van der Waals surface area (Å²) in [5, 5.41) is 3.47. The second-order valence-electron chi connectivity index (χ2n) is 6.74. The van der Waals surface area contributed by atoms with Crippen molar-refractivity contribution in [3.05, 3.63) is 75.7 Å². The molecule has 2 heterocycles. The number of rotatable bonds is 6. The summed E-state index contributed by atoms with van der Waals surface area (Å²) >= 11 is 1.28. The Balaban J connectivity index is 1.59. The zero-order valence-corrected chi connectivity index (χ0v) is 17.6. The van der Waals surface area contributed by atoms with Crippen LogP contribution in [0.2, 0.25) is 0 Å². The second-order valence-corrected chi connectivity index (χ2v) is 9.85. The molecular weight excluding hydrogens is 429 g/mol. The van der Waals surface area contributed by atoms with Gasteiger partial charge in [0.1, 0.15) is 11.1 Å². The van der Waals surface area contributed by atoms with Gasteiger partial charge in [0.15, 0.2) is 21.3 Å². The molecule has 1 aliphatic heterocycles. The van der Waals surface area contributed by atoms with Crippen LogP contribution in [0.3, 0.4) is 0 Å². The Hall–Kier alpha value is -2.91. The first-order chi connectivity index (χ1) is 14.4. The lowest BCUT2D eigenvalue weighted by Crippen LogP contribution is -2.31. The normalized spacial score (nSPS) is 13.8. The standard InChI is InChI=1S/C21H18FNO5S2/c1-13-9-15(5-6-16(13)22)30(25,26)20(19-3-2-8-29-19)11-23-21(24)14-4-7-17-18(10-14)28-12-27-17/h2-10,20H,11-12H2,1H3,(H,23,24)/t20-/m1/s1. The van der Waals surface area contributed by atoms with Crippen LogP contribution in [0.4, 0.5) is 4.39 Å². The second kappa shape index (κ2) is 8.08. The molecular formula is C21H18FNO5S2. The van der Waals surface area contributed by atoms with Gasteiger partial charge in [-0.1, -0.05) is 6.07 Å². The smallest absolute Gasteiger partial charge is 0.251 e. The quantitative estimate of drug-likeness (QED) is 0.580. The van der Waals surface area contributed by atoms with E-state index in [1.54, 1.807) is 35.7 Å². The van der Waals surface area contributed by atoms with Gasteiger partial charge in [-0.15, -0.1) is 11.3 Å². The highest BCUT2D eigenvalue weighted by Crippen LogP contribution is 2.34. The minimum absolute atomic E-state index is 0.0112. The predicted octanol–water partition coefficient (Wildman–Crippen LogP) is 3.87. The van der Waals surface area contributed by atoms with Crippen molar-refractivity contribution in [3.8, 4) is 11.5 Å². The van der Waals surface area contributed by atoms with E-state index < -0.39 is 26.8 Å². The maximum absolute atomic E-state index is 13.6. The predicted molar refractivity (Wildman–Crippen MR) is 110 cm³/mol. The topological polar surface area (TPSA) is 81.7 Å². The third-order valence-electron chi connectivity index (χ3n) is 4.78. The van der Waals surface area contributed by atoms with Crippen LogP contribution in [0.5, 0.6) is 11.5 Å². The van der Waals surface area contributed by atoms with Crippen LogP contribution in [-0.4, -0.2) is 27.7 Å². The van der Waals surface area contributed by atoms with Crippen molar-refractivity contribution in [3.63, 3.8) is 0 Å². The largest absolute Gasteiger partial charge is 0.454 e. The first kappa shape index (κ1) is 20.4. The number of aryl methyl sites for hydroxylation is 1. The molecule has 0 spiro atoms. The van der Waals surface area contributed by atoms with Gasteiger partial charge in [-0.05, 0) is 60.3 Å². The van der Waals surface area contributed by atoms with E-state index in [1.807, 2.05) is 0 Å². The Morgan fingerprint density at radius 2 is 1.97 bits per heavy atom. The molecule has 1 aromatic heterocycles. The van der Waals surface area contributed by atoms with Crippen LogP contribution >= 0.6 is 11.3 Å². The Bertz CT molecular complexity index is 1190. The molecule has 1 N–H and O–H groups in total. The fraction of sp³-hybridized carbons (Fsp3) is 0.190. The van der Waals surface area contributed by atoms with Gasteiger partial charge in [0, 0.05) is 17.0 Å². The van der Waals surface area contributed by atoms with E-state index in [1.165, 1.54) is 30.4 Å². The summed E-state index contributed by atoms with van der Waals surface area (Å²) in [7, 11) is -3.87. The number of amides is 1. The highest BCUT2D eigenvalue weighted by atomic mass is 32.2. The molecule has 0 radical (unpaired) electrons. The minimum Gasteiger partial charge on any atom is -0.454 e. The lowest BCUT2D eigenvalue weighted by Gasteiger charge is -2.18. The van der Waals surface area contributed by atoms with E-state index in [4.69, 9.17) is 9.47 Å². The molecule has 4 rings (SSSR count). The third kappa shape index (κ3) is 3.90. The number of carbonyl (C=O) groups excluding carboxylic acids is 1. The molecule has 0 aliphatic carbocycles. The number of nitrogens with one attached hydrogen (secondary N) is 1. The molecule has 3 aromatic rings. The van der Waals surface area contributed by atoms with Crippen molar-refractivity contribution < 1.29 is 27.1 Å². The van der Waals surface area contributed by atoms with Gasteiger partial charge in [0.25, 0.3) is 5.91 Å². The number of halogens is 1. The maximum Gasteiger partial charge on any atom is 0.251 e. The Morgan fingerprint density at radius 1 is 1.17 bits per heavy atom. The zero-order valence-electron chi connectivity index (χ0n) is 15.9. The van der Waals surface area contributed by atoms with E-state index in [0.29, 0.717) is 21.9 Å². The van der Waals surface area contributed by atoms with Crippen LogP contribution in [0.1, 0.15) is 26.0 Å². The van der Waals surface area contributed by atoms with Gasteiger partial charge in [-0.3, -0.25) is 4.79 Å². The van der Waals surface area contributed by atoms with Crippen molar-refractivity contribution >= 4 is 27.1 Å². The first-order valence-corrected chi connectivity index (χ1v) is 11.5. The van der Waals surface area contributed by atoms with E-state index in [0.717, 1.165) is 6.07 Å². The SMILES string of the molecule is Cc1cc(S(=O)(=O)[C@H](CNC(=O)c2ccc3c(c2)OCO3)c2cccs2)ccc1F. The molecule has 0 saturated carbocycles. The molecule has 1 atom stereocenters. The molecule has 1 aliphatic rings. The molecule has 0 unspecified atom stereocenters. The Kier molecular flexibility index (Phi) is 5.48. The van der Waals surface area contributed by atoms with Gasteiger partial charge in [-0.25, -0.2) is 12.8 Å². The number of ether oxygens (including phenoxy) is 2. The average molecular weight is 448 g/mol. The van der Waals surface area contributed by atoms with Crippen molar-refractivity contribution in [2.24, 2.45) is 0 Å². The number of carbonyl (C=O) groups is 1. The van der Waals surface area contributed by atoms with E-state index in [9.17, 15) is 17.6 Å². The Labute approximate surface area is 177 Å². The highest BCUT2D eigenvalue weighted by molar-refractivity contribution is 7.91. The molecule has 6 nitrogen and oxygen atoms in total. The van der Waals surface area contributed by atoms with E-state index in [2.05, 4.69) is 5.32 Å². The molecule has 0 saturated heterocycles. The number of hydrogen-bond donors (Lipinski definition) is 1. The van der Waals surface area contributed by atoms with Gasteiger partial charge in [0.2, 0.25) is 6.79 Å². The van der Waals surface area contributed by atoms with Gasteiger partial charge < -0.3 is 14.8 Å². The third-order valence-corrected chi connectivity index (χ3v) is 7.99. The van der Waals surface area contributed by atoms with Crippen LogP contribution < -0.4 is 14.8 Å². The summed E-state index contributed by atoms with van der Waals surface area (Å²) in [6, 6.07) is 11.9. The summed E-state index contributed by atoms with van der Waals surface area (Å²) < 4.78 is 50.7. The zero-order chi connectivity index (χ0) is 21.3. The molecule has 1 amide bonds. The average Bonchev–Trinajstić information content (AvgIpc) is 3.41. The molecule has 9 heteroatoms. The van der Waals surface area contributed by atoms with Gasteiger partial charge in [0.05, 0.1) is 4.90 Å². The lowest BCUT2D eigenvalue weighted by molar-refractivity contribution is 0.0953. The summed E-state index contributed by atoms with van der Waals surface area (Å²) in [6.45, 7) is 1.47. The summed E-state index contributed by atoms with van der Waals surface area (Å²) in [6.07, 6.45) is 0. The first-order valence-electron chi connectivity index (χ1n) is 9.07. The molecule has 0 bridgehead atoms. The van der Waals surface area contributed by atoms with Crippen molar-refractivity contribution in [2.75, 3.05) is 13.3 Å². The van der Waals surface area contributed by atoms with Crippen molar-refractivity contribution in [2.45, 2.75) is 17.1 Å². The molecule has 156 valence electrons. The van der Waals surface area contributed by atoms with Crippen LogP contribution in [0.25, 0.3) is 0 Å². The summed E-state index contributed by atoms with van der Waals surface area (Å²) in [4.78, 5) is 13.2. The summed E-state index contributed by atoms with van der Waals surface area (Å²) in [5.41, 5.74) is 0.574. The van der Waals surface area contributed by atoms with Crippen LogP contribution in [0, 0.1) is 12.7 Å². The highest BCUT2D eigenvalue weighted by Gasteiger charge is 2.31. The van der Waals surface area contributed by atoms with Crippen molar-refractivity contribution in [1.82, 2.24) is 5.32 Å². The number of fused-ring (bicyclic) bond motifs is 1. The van der Waals surface area contributed by atoms with E-state index >= 15 is 0 Å². The molecule has 2 aromatic carbocycles. The summed E-state index contributed by atoms with van der Waals surface area (Å²) in [5.74, 6) is 0.113. The number of thiophene rings is 1. The van der Waals surface area contributed by atoms with E-state index in [-0.39, 0.29) is 23.8 Å². The number of hydrogen-bond acceptors (Lipinski definition) is 6. The lowest BCUT2D eigenvalue weighted by atomic mass is 10.2. The monoisotopic (exact) mass is 447 g/mol. The van der Waals surface area contributed by atoms with Gasteiger partial charge >= 0.3 is 0 Å². The minimum atomic E-state index is -3.87. The van der Waals surface area contributed by atoms with Crippen LogP contribution in [0.15, 0.2) is 58.8 Å². The number of sulfone groups is 1. The maximum atomic E-state index is 13.6.